The molecule has 23 heavy (non-hydrogen) atoms. The molecule has 0 spiro atoms. The van der Waals surface area contributed by atoms with Crippen molar-refractivity contribution in [2.24, 2.45) is 16.9 Å². The first-order valence-electron chi connectivity index (χ1n) is 7.43. The number of halogens is 1. The van der Waals surface area contributed by atoms with E-state index in [1.165, 1.54) is 12.1 Å². The van der Waals surface area contributed by atoms with Crippen molar-refractivity contribution in [1.82, 2.24) is 5.32 Å². The third-order valence-electron chi connectivity index (χ3n) is 4.37. The molecule has 1 amide bonds. The molecule has 2 N–H and O–H groups in total. The number of carboxylic acid groups (broad SMARTS) is 1. The third-order valence-corrected chi connectivity index (χ3v) is 4.37. The molecule has 0 radical (unpaired) electrons. The number of carbonyl (C=O) groups excluding carboxylic acids is 1. The van der Waals surface area contributed by atoms with Gasteiger partial charge < -0.3 is 10.4 Å². The standard InChI is InChI=1S/C16H14FN3O3/c17-9-3-5-10(6-4-9)20-15-13(14(19-20)8-1-2-8)11(16(22)23)7-12(21)18-15/h3-8,13,15H,1-2H2,(H,18,21)(H,22,23)/t13-,15+/m1/s1. The SMILES string of the molecule is O=C1C=C(C(=O)O)[C@@H]2C(C3CC3)=NN(c3ccc(F)cc3)[C@@H]2N1. The fourth-order valence-electron chi connectivity index (χ4n) is 3.17. The highest BCUT2D eigenvalue weighted by atomic mass is 19.1. The first-order chi connectivity index (χ1) is 11.0. The normalized spacial score (nSPS) is 26.3. The van der Waals surface area contributed by atoms with Crippen LogP contribution in [0.3, 0.4) is 0 Å². The number of nitrogens with one attached hydrogen (secondary N) is 1. The van der Waals surface area contributed by atoms with Gasteiger partial charge in [-0.25, -0.2) is 14.2 Å². The Morgan fingerprint density at radius 2 is 2.00 bits per heavy atom. The number of hydrazone groups is 1. The summed E-state index contributed by atoms with van der Waals surface area (Å²) in [6.07, 6.45) is 2.50. The molecule has 4 rings (SSSR count). The molecule has 0 bridgehead atoms. The zero-order valence-electron chi connectivity index (χ0n) is 12.1. The molecular formula is C16H14FN3O3. The van der Waals surface area contributed by atoms with E-state index in [0.717, 1.165) is 24.6 Å². The molecule has 0 saturated heterocycles. The average molecular weight is 315 g/mol. The summed E-state index contributed by atoms with van der Waals surface area (Å²) < 4.78 is 13.1. The van der Waals surface area contributed by atoms with Gasteiger partial charge in [-0.15, -0.1) is 0 Å². The second kappa shape index (κ2) is 4.91. The molecule has 2 heterocycles. The molecule has 1 fully saturated rings. The van der Waals surface area contributed by atoms with Gasteiger partial charge in [0.2, 0.25) is 5.91 Å². The zero-order valence-corrected chi connectivity index (χ0v) is 12.1. The predicted octanol–water partition coefficient (Wildman–Crippen LogP) is 1.49. The highest BCUT2D eigenvalue weighted by Gasteiger charge is 2.49. The number of hydrogen-bond acceptors (Lipinski definition) is 4. The lowest BCUT2D eigenvalue weighted by molar-refractivity contribution is -0.134. The monoisotopic (exact) mass is 315 g/mol. The van der Waals surface area contributed by atoms with Crippen molar-refractivity contribution in [3.63, 3.8) is 0 Å². The van der Waals surface area contributed by atoms with Crippen molar-refractivity contribution in [1.29, 1.82) is 0 Å². The van der Waals surface area contributed by atoms with Gasteiger partial charge in [0.1, 0.15) is 12.0 Å². The van der Waals surface area contributed by atoms with Crippen LogP contribution < -0.4 is 10.3 Å². The molecule has 0 unspecified atom stereocenters. The number of aliphatic carboxylic acids is 1. The average Bonchev–Trinajstić information content (AvgIpc) is 3.29. The Morgan fingerprint density at radius 3 is 2.61 bits per heavy atom. The van der Waals surface area contributed by atoms with E-state index < -0.39 is 24.0 Å². The molecule has 118 valence electrons. The number of rotatable bonds is 3. The van der Waals surface area contributed by atoms with Gasteiger partial charge in [0, 0.05) is 6.08 Å². The van der Waals surface area contributed by atoms with Crippen LogP contribution in [0.4, 0.5) is 10.1 Å². The van der Waals surface area contributed by atoms with Crippen molar-refractivity contribution in [2.75, 3.05) is 5.01 Å². The first kappa shape index (κ1) is 13.9. The fraction of sp³-hybridized carbons (Fsp3) is 0.312. The van der Waals surface area contributed by atoms with Gasteiger partial charge in [-0.3, -0.25) is 4.79 Å². The van der Waals surface area contributed by atoms with E-state index in [2.05, 4.69) is 10.4 Å². The summed E-state index contributed by atoms with van der Waals surface area (Å²) in [6.45, 7) is 0. The van der Waals surface area contributed by atoms with E-state index in [4.69, 9.17) is 0 Å². The van der Waals surface area contributed by atoms with Crippen LogP contribution in [0.2, 0.25) is 0 Å². The molecule has 1 aromatic carbocycles. The molecule has 2 atom stereocenters. The van der Waals surface area contributed by atoms with Crippen LogP contribution in [0.5, 0.6) is 0 Å². The summed E-state index contributed by atoms with van der Waals surface area (Å²) in [7, 11) is 0. The van der Waals surface area contributed by atoms with Crippen molar-refractivity contribution >= 4 is 23.3 Å². The molecule has 2 aliphatic heterocycles. The summed E-state index contributed by atoms with van der Waals surface area (Å²) in [5.74, 6) is -2.14. The van der Waals surface area contributed by atoms with Crippen LogP contribution in [0.15, 0.2) is 41.0 Å². The maximum Gasteiger partial charge on any atom is 0.332 e. The summed E-state index contributed by atoms with van der Waals surface area (Å²) in [5, 5.41) is 18.4. The molecule has 1 aliphatic carbocycles. The Kier molecular flexibility index (Phi) is 2.97. The van der Waals surface area contributed by atoms with Gasteiger partial charge in [0.15, 0.2) is 0 Å². The zero-order chi connectivity index (χ0) is 16.1. The quantitative estimate of drug-likeness (QED) is 0.885. The van der Waals surface area contributed by atoms with Crippen LogP contribution >= 0.6 is 0 Å². The Labute approximate surface area is 131 Å². The van der Waals surface area contributed by atoms with Gasteiger partial charge in [-0.05, 0) is 43.0 Å². The molecule has 3 aliphatic rings. The number of carbonyl (C=O) groups is 2. The maximum atomic E-state index is 13.1. The van der Waals surface area contributed by atoms with E-state index in [9.17, 15) is 19.1 Å². The van der Waals surface area contributed by atoms with E-state index in [0.29, 0.717) is 5.69 Å². The van der Waals surface area contributed by atoms with Crippen LogP contribution in [0, 0.1) is 17.7 Å². The molecule has 0 aromatic heterocycles. The second-order valence-electron chi connectivity index (χ2n) is 5.96. The number of benzene rings is 1. The van der Waals surface area contributed by atoms with Gasteiger partial charge in [0.25, 0.3) is 0 Å². The minimum Gasteiger partial charge on any atom is -0.478 e. The Morgan fingerprint density at radius 1 is 1.30 bits per heavy atom. The minimum atomic E-state index is -1.11. The van der Waals surface area contributed by atoms with E-state index in [1.807, 2.05) is 0 Å². The summed E-state index contributed by atoms with van der Waals surface area (Å²) >= 11 is 0. The predicted molar refractivity (Wildman–Crippen MR) is 80.2 cm³/mol. The first-order valence-corrected chi connectivity index (χ1v) is 7.43. The van der Waals surface area contributed by atoms with Crippen LogP contribution in [0.25, 0.3) is 0 Å². The largest absolute Gasteiger partial charge is 0.478 e. The van der Waals surface area contributed by atoms with Crippen molar-refractivity contribution in [2.45, 2.75) is 19.0 Å². The summed E-state index contributed by atoms with van der Waals surface area (Å²) in [5.41, 5.74) is 1.46. The Bertz CT molecular complexity index is 752. The molecule has 1 saturated carbocycles. The van der Waals surface area contributed by atoms with Gasteiger partial charge >= 0.3 is 5.97 Å². The lowest BCUT2D eigenvalue weighted by Crippen LogP contribution is -2.52. The number of amides is 1. The van der Waals surface area contributed by atoms with E-state index >= 15 is 0 Å². The topological polar surface area (TPSA) is 82.0 Å². The minimum absolute atomic E-state index is 0.0639. The number of carboxylic acids is 1. The van der Waals surface area contributed by atoms with Crippen LogP contribution in [-0.2, 0) is 9.59 Å². The molecule has 7 heteroatoms. The van der Waals surface area contributed by atoms with Gasteiger partial charge in [0.05, 0.1) is 22.9 Å². The smallest absolute Gasteiger partial charge is 0.332 e. The highest BCUT2D eigenvalue weighted by molar-refractivity contribution is 6.09. The molecular weight excluding hydrogens is 301 g/mol. The second-order valence-corrected chi connectivity index (χ2v) is 5.96. The lowest BCUT2D eigenvalue weighted by atomic mass is 9.86. The number of hydrogen-bond donors (Lipinski definition) is 2. The third kappa shape index (κ3) is 2.28. The number of fused-ring (bicyclic) bond motifs is 1. The van der Waals surface area contributed by atoms with E-state index in [-0.39, 0.29) is 17.3 Å². The van der Waals surface area contributed by atoms with Gasteiger partial charge in [-0.1, -0.05) is 0 Å². The van der Waals surface area contributed by atoms with E-state index in [1.54, 1.807) is 17.1 Å². The highest BCUT2D eigenvalue weighted by Crippen LogP contribution is 2.42. The van der Waals surface area contributed by atoms with Crippen molar-refractivity contribution < 1.29 is 19.1 Å². The fourth-order valence-corrected chi connectivity index (χ4v) is 3.17. The van der Waals surface area contributed by atoms with Gasteiger partial charge in [-0.2, -0.15) is 5.10 Å². The summed E-state index contributed by atoms with van der Waals surface area (Å²) in [4.78, 5) is 23.4. The lowest BCUT2D eigenvalue weighted by Gasteiger charge is -2.31. The maximum absolute atomic E-state index is 13.1. The molecule has 6 nitrogen and oxygen atoms in total. The van der Waals surface area contributed by atoms with Crippen molar-refractivity contribution in [3.8, 4) is 0 Å². The number of nitrogens with zero attached hydrogens (tertiary/aromatic N) is 2. The van der Waals surface area contributed by atoms with Crippen LogP contribution in [0.1, 0.15) is 12.8 Å². The van der Waals surface area contributed by atoms with Crippen LogP contribution in [-0.4, -0.2) is 28.9 Å². The Hall–Kier alpha value is -2.70. The number of anilines is 1. The Balaban J connectivity index is 1.78. The molecule has 1 aromatic rings. The van der Waals surface area contributed by atoms with Crippen molar-refractivity contribution in [3.05, 3.63) is 41.7 Å². The summed E-state index contributed by atoms with van der Waals surface area (Å²) in [6, 6.07) is 5.76.